The van der Waals surface area contributed by atoms with Gasteiger partial charge in [0.15, 0.2) is 0 Å². The molecule has 0 aromatic heterocycles. The molecule has 6 heteroatoms. The van der Waals surface area contributed by atoms with Crippen molar-refractivity contribution in [3.05, 3.63) is 118 Å². The van der Waals surface area contributed by atoms with Crippen molar-refractivity contribution >= 4 is 10.8 Å². The lowest BCUT2D eigenvalue weighted by atomic mass is 9.72. The minimum atomic E-state index is -5.60. The SMILES string of the molecule is Cc1ccc(C(c2ccc(C)c(Cc3ccc4cc(C)ccc4c3)c2)(C(F)(F)F)C(F)(F)F)cc1. The van der Waals surface area contributed by atoms with Gasteiger partial charge in [-0.25, -0.2) is 0 Å². The molecular weight excluding hydrogens is 462 g/mol. The third-order valence-electron chi connectivity index (χ3n) is 6.57. The molecule has 0 unspecified atom stereocenters. The largest absolute Gasteiger partial charge is 0.411 e. The number of fused-ring (bicyclic) bond motifs is 1. The number of hydrogen-bond donors (Lipinski definition) is 0. The summed E-state index contributed by atoms with van der Waals surface area (Å²) in [7, 11) is 0. The van der Waals surface area contributed by atoms with Crippen LogP contribution in [0.1, 0.15) is 38.9 Å². The number of benzene rings is 4. The third kappa shape index (κ3) is 4.42. The van der Waals surface area contributed by atoms with Crippen LogP contribution in [0.4, 0.5) is 26.3 Å². The summed E-state index contributed by atoms with van der Waals surface area (Å²) in [5.41, 5.74) is -2.31. The lowest BCUT2D eigenvalue weighted by molar-refractivity contribution is -0.288. The van der Waals surface area contributed by atoms with Crippen molar-refractivity contribution in [3.8, 4) is 0 Å². The maximum atomic E-state index is 14.5. The first-order valence-corrected chi connectivity index (χ1v) is 11.1. The summed E-state index contributed by atoms with van der Waals surface area (Å²) in [6, 6.07) is 19.4. The molecule has 182 valence electrons. The summed E-state index contributed by atoms with van der Waals surface area (Å²) in [6.45, 7) is 5.28. The number of aryl methyl sites for hydroxylation is 3. The topological polar surface area (TPSA) is 0 Å². The average molecular weight is 486 g/mol. The molecule has 0 fully saturated rings. The number of alkyl halides is 6. The van der Waals surface area contributed by atoms with Crippen LogP contribution in [0.25, 0.3) is 10.8 Å². The van der Waals surface area contributed by atoms with Gasteiger partial charge < -0.3 is 0 Å². The monoisotopic (exact) mass is 486 g/mol. The molecule has 0 nitrogen and oxygen atoms in total. The fourth-order valence-electron chi connectivity index (χ4n) is 4.63. The quantitative estimate of drug-likeness (QED) is 0.253. The van der Waals surface area contributed by atoms with Gasteiger partial charge in [-0.1, -0.05) is 90.0 Å². The van der Waals surface area contributed by atoms with E-state index < -0.39 is 28.9 Å². The molecule has 0 aliphatic heterocycles. The second kappa shape index (κ2) is 8.74. The lowest BCUT2D eigenvalue weighted by Gasteiger charge is -2.38. The first kappa shape index (κ1) is 24.8. The summed E-state index contributed by atoms with van der Waals surface area (Å²) >= 11 is 0. The molecule has 0 aliphatic carbocycles. The number of halogens is 6. The molecule has 35 heavy (non-hydrogen) atoms. The van der Waals surface area contributed by atoms with E-state index in [9.17, 15) is 26.3 Å². The van der Waals surface area contributed by atoms with Crippen LogP contribution < -0.4 is 0 Å². The Hall–Kier alpha value is -3.28. The van der Waals surface area contributed by atoms with E-state index in [0.29, 0.717) is 16.7 Å². The van der Waals surface area contributed by atoms with Crippen molar-refractivity contribution < 1.29 is 26.3 Å². The Morgan fingerprint density at radius 2 is 1.09 bits per heavy atom. The van der Waals surface area contributed by atoms with E-state index in [4.69, 9.17) is 0 Å². The van der Waals surface area contributed by atoms with Gasteiger partial charge >= 0.3 is 12.4 Å². The summed E-state index contributed by atoms with van der Waals surface area (Å²) in [5.74, 6) is 0. The van der Waals surface area contributed by atoms with Crippen LogP contribution >= 0.6 is 0 Å². The van der Waals surface area contributed by atoms with Gasteiger partial charge in [-0.05, 0) is 65.8 Å². The van der Waals surface area contributed by atoms with E-state index >= 15 is 0 Å². The molecule has 0 saturated heterocycles. The van der Waals surface area contributed by atoms with Gasteiger partial charge in [0.25, 0.3) is 0 Å². The van der Waals surface area contributed by atoms with Gasteiger partial charge in [-0.15, -0.1) is 0 Å². The van der Waals surface area contributed by atoms with E-state index in [0.717, 1.165) is 46.2 Å². The van der Waals surface area contributed by atoms with E-state index in [1.807, 2.05) is 43.3 Å². The van der Waals surface area contributed by atoms with Crippen LogP contribution in [0.3, 0.4) is 0 Å². The first-order valence-electron chi connectivity index (χ1n) is 11.1. The molecule has 0 atom stereocenters. The highest BCUT2D eigenvalue weighted by Gasteiger charge is 2.72. The van der Waals surface area contributed by atoms with Crippen molar-refractivity contribution in [2.75, 3.05) is 0 Å². The van der Waals surface area contributed by atoms with Gasteiger partial charge in [0.1, 0.15) is 0 Å². The Balaban J connectivity index is 1.87. The summed E-state index contributed by atoms with van der Waals surface area (Å²) < 4.78 is 86.9. The number of hydrogen-bond acceptors (Lipinski definition) is 0. The molecule has 0 amide bonds. The minimum Gasteiger partial charge on any atom is -0.169 e. The Labute approximate surface area is 200 Å². The van der Waals surface area contributed by atoms with Gasteiger partial charge in [-0.2, -0.15) is 26.3 Å². The fourth-order valence-corrected chi connectivity index (χ4v) is 4.63. The molecule has 0 bridgehead atoms. The minimum absolute atomic E-state index is 0.211. The van der Waals surface area contributed by atoms with Gasteiger partial charge in [0.05, 0.1) is 0 Å². The highest BCUT2D eigenvalue weighted by molar-refractivity contribution is 5.83. The Morgan fingerprint density at radius 3 is 1.71 bits per heavy atom. The molecule has 0 N–H and O–H groups in total. The van der Waals surface area contributed by atoms with Crippen LogP contribution in [0.15, 0.2) is 78.9 Å². The predicted octanol–water partition coefficient (Wildman–Crippen LogP) is 8.77. The van der Waals surface area contributed by atoms with Crippen molar-refractivity contribution in [1.29, 1.82) is 0 Å². The Morgan fingerprint density at radius 1 is 0.543 bits per heavy atom. The Kier molecular flexibility index (Phi) is 6.20. The first-order chi connectivity index (χ1) is 16.3. The highest BCUT2D eigenvalue weighted by atomic mass is 19.4. The average Bonchev–Trinajstić information content (AvgIpc) is 2.76. The molecule has 0 aliphatic rings. The van der Waals surface area contributed by atoms with E-state index in [1.165, 1.54) is 18.2 Å². The van der Waals surface area contributed by atoms with Gasteiger partial charge in [0.2, 0.25) is 5.41 Å². The zero-order valence-corrected chi connectivity index (χ0v) is 19.5. The summed E-state index contributed by atoms with van der Waals surface area (Å²) in [5, 5.41) is 1.98. The maximum Gasteiger partial charge on any atom is 0.411 e. The van der Waals surface area contributed by atoms with E-state index in [1.54, 1.807) is 13.8 Å². The normalized spacial score (nSPS) is 12.8. The number of rotatable bonds is 4. The molecular formula is C29H24F6. The van der Waals surface area contributed by atoms with Crippen LogP contribution in [0.2, 0.25) is 0 Å². The standard InChI is InChI=1S/C29H24F6/c1-18-5-11-25(12-6-18)27(28(30,31)32,29(33,34)35)26-13-7-20(3)24(17-26)16-21-8-10-22-14-19(2)4-9-23(22)15-21/h4-15,17H,16H2,1-3H3. The van der Waals surface area contributed by atoms with Crippen molar-refractivity contribution in [1.82, 2.24) is 0 Å². The predicted molar refractivity (Wildman–Crippen MR) is 127 cm³/mol. The second-order valence-electron chi connectivity index (χ2n) is 9.11. The van der Waals surface area contributed by atoms with Crippen molar-refractivity contribution in [3.63, 3.8) is 0 Å². The van der Waals surface area contributed by atoms with Gasteiger partial charge in [-0.3, -0.25) is 0 Å². The molecule has 0 radical (unpaired) electrons. The van der Waals surface area contributed by atoms with Crippen molar-refractivity contribution in [2.24, 2.45) is 0 Å². The highest BCUT2D eigenvalue weighted by Crippen LogP contribution is 2.56. The lowest BCUT2D eigenvalue weighted by Crippen LogP contribution is -2.54. The summed E-state index contributed by atoms with van der Waals surface area (Å²) in [6.07, 6.45) is -11.0. The van der Waals surface area contributed by atoms with Crippen LogP contribution in [0.5, 0.6) is 0 Å². The van der Waals surface area contributed by atoms with Crippen LogP contribution in [0, 0.1) is 20.8 Å². The van der Waals surface area contributed by atoms with E-state index in [-0.39, 0.29) is 6.42 Å². The van der Waals surface area contributed by atoms with E-state index in [2.05, 4.69) is 0 Å². The molecule has 0 spiro atoms. The fraction of sp³-hybridized carbons (Fsp3) is 0.241. The molecule has 4 rings (SSSR count). The van der Waals surface area contributed by atoms with Crippen LogP contribution in [-0.4, -0.2) is 12.4 Å². The molecule has 4 aromatic rings. The van der Waals surface area contributed by atoms with Crippen molar-refractivity contribution in [2.45, 2.75) is 45.0 Å². The zero-order chi connectivity index (χ0) is 25.6. The summed E-state index contributed by atoms with van der Waals surface area (Å²) in [4.78, 5) is 0. The smallest absolute Gasteiger partial charge is 0.169 e. The third-order valence-corrected chi connectivity index (χ3v) is 6.57. The molecule has 4 aromatic carbocycles. The maximum absolute atomic E-state index is 14.5. The van der Waals surface area contributed by atoms with Gasteiger partial charge in [0, 0.05) is 0 Å². The molecule has 0 saturated carbocycles. The molecule has 0 heterocycles. The second-order valence-corrected chi connectivity index (χ2v) is 9.11. The van der Waals surface area contributed by atoms with Crippen LogP contribution in [-0.2, 0) is 11.8 Å². The Bertz CT molecular complexity index is 1350. The zero-order valence-electron chi connectivity index (χ0n) is 19.5.